The standard InChI is InChI=1S/C29H23F6N3O3/c30-28(31,32)20-13-10-17(11-14-20)25-22(8-4-5-9-24(39)40)36-23-16-19(12-15-21(23)37-25)27(41)38-26(29(33,34)35)18-6-2-1-3-7-18/h1-3,6-7,10-16,26H,4-5,8-9H2,(H,38,41)(H,39,40). The van der Waals surface area contributed by atoms with E-state index < -0.39 is 35.8 Å². The van der Waals surface area contributed by atoms with Crippen LogP contribution < -0.4 is 5.32 Å². The van der Waals surface area contributed by atoms with Crippen LogP contribution in [0.15, 0.2) is 72.8 Å². The maximum Gasteiger partial charge on any atom is 0.416 e. The van der Waals surface area contributed by atoms with Gasteiger partial charge in [0.05, 0.1) is 28.0 Å². The highest BCUT2D eigenvalue weighted by Gasteiger charge is 2.42. The fraction of sp³-hybridized carbons (Fsp3) is 0.241. The largest absolute Gasteiger partial charge is 0.481 e. The van der Waals surface area contributed by atoms with Gasteiger partial charge in [0, 0.05) is 17.5 Å². The van der Waals surface area contributed by atoms with Crippen molar-refractivity contribution in [3.05, 3.63) is 95.2 Å². The van der Waals surface area contributed by atoms with E-state index in [0.29, 0.717) is 24.1 Å². The lowest BCUT2D eigenvalue weighted by molar-refractivity contribution is -0.155. The summed E-state index contributed by atoms with van der Waals surface area (Å²) in [6, 6.07) is 13.0. The van der Waals surface area contributed by atoms with E-state index in [1.165, 1.54) is 54.6 Å². The molecule has 0 aliphatic rings. The number of hydrogen-bond donors (Lipinski definition) is 2. The monoisotopic (exact) mass is 575 g/mol. The minimum absolute atomic E-state index is 0.0945. The van der Waals surface area contributed by atoms with Crippen molar-refractivity contribution in [2.24, 2.45) is 0 Å². The minimum Gasteiger partial charge on any atom is -0.481 e. The van der Waals surface area contributed by atoms with Crippen molar-refractivity contribution in [1.82, 2.24) is 15.3 Å². The lowest BCUT2D eigenvalue weighted by Crippen LogP contribution is -2.38. The Labute approximate surface area is 230 Å². The van der Waals surface area contributed by atoms with Gasteiger partial charge in [0.2, 0.25) is 0 Å². The van der Waals surface area contributed by atoms with Crippen LogP contribution in [0.1, 0.15) is 52.5 Å². The smallest absolute Gasteiger partial charge is 0.416 e. The number of carbonyl (C=O) groups excluding carboxylic acids is 1. The number of rotatable bonds is 9. The van der Waals surface area contributed by atoms with E-state index in [9.17, 15) is 35.9 Å². The number of aromatic nitrogens is 2. The zero-order chi connectivity index (χ0) is 29.8. The molecule has 41 heavy (non-hydrogen) atoms. The normalized spacial score (nSPS) is 12.7. The Hall–Kier alpha value is -4.48. The van der Waals surface area contributed by atoms with Crippen LogP contribution in [0.25, 0.3) is 22.3 Å². The average molecular weight is 576 g/mol. The summed E-state index contributed by atoms with van der Waals surface area (Å²) in [6.45, 7) is 0. The van der Waals surface area contributed by atoms with Crippen molar-refractivity contribution >= 4 is 22.9 Å². The number of alkyl halides is 6. The molecular formula is C29H23F6N3O3. The first kappa shape index (κ1) is 29.5. The molecule has 1 atom stereocenters. The lowest BCUT2D eigenvalue weighted by atomic mass is 10.0. The van der Waals surface area contributed by atoms with Gasteiger partial charge >= 0.3 is 18.3 Å². The van der Waals surface area contributed by atoms with Gasteiger partial charge in [-0.3, -0.25) is 9.59 Å². The topological polar surface area (TPSA) is 92.2 Å². The van der Waals surface area contributed by atoms with Crippen LogP contribution in [0, 0.1) is 0 Å². The first-order valence-corrected chi connectivity index (χ1v) is 12.5. The van der Waals surface area contributed by atoms with E-state index in [4.69, 9.17) is 5.11 Å². The molecular weight excluding hydrogens is 552 g/mol. The molecule has 1 unspecified atom stereocenters. The lowest BCUT2D eigenvalue weighted by Gasteiger charge is -2.22. The summed E-state index contributed by atoms with van der Waals surface area (Å²) in [5.74, 6) is -1.98. The van der Waals surface area contributed by atoms with Crippen LogP contribution in [0.2, 0.25) is 0 Å². The molecule has 0 saturated carbocycles. The highest BCUT2D eigenvalue weighted by atomic mass is 19.4. The van der Waals surface area contributed by atoms with Crippen molar-refractivity contribution in [2.45, 2.75) is 44.1 Å². The molecule has 4 aromatic rings. The Morgan fingerprint density at radius 2 is 1.51 bits per heavy atom. The molecule has 1 amide bonds. The van der Waals surface area contributed by atoms with Crippen molar-refractivity contribution in [2.75, 3.05) is 0 Å². The van der Waals surface area contributed by atoms with E-state index in [1.807, 2.05) is 5.32 Å². The number of hydrogen-bond acceptors (Lipinski definition) is 4. The van der Waals surface area contributed by atoms with Crippen LogP contribution in [-0.4, -0.2) is 33.1 Å². The van der Waals surface area contributed by atoms with Crippen LogP contribution in [0.5, 0.6) is 0 Å². The number of aryl methyl sites for hydroxylation is 1. The van der Waals surface area contributed by atoms with Crippen LogP contribution in [-0.2, 0) is 17.4 Å². The summed E-state index contributed by atoms with van der Waals surface area (Å²) in [7, 11) is 0. The number of amides is 1. The zero-order valence-corrected chi connectivity index (χ0v) is 21.3. The molecule has 4 rings (SSSR count). The van der Waals surface area contributed by atoms with Gasteiger partial charge in [-0.25, -0.2) is 9.97 Å². The van der Waals surface area contributed by atoms with Gasteiger partial charge in [0.1, 0.15) is 0 Å². The number of carbonyl (C=O) groups is 2. The highest BCUT2D eigenvalue weighted by Crippen LogP contribution is 2.34. The van der Waals surface area contributed by atoms with Crippen molar-refractivity contribution < 1.29 is 41.0 Å². The van der Waals surface area contributed by atoms with Crippen molar-refractivity contribution in [1.29, 1.82) is 0 Å². The highest BCUT2D eigenvalue weighted by molar-refractivity contribution is 5.97. The number of nitrogens with zero attached hydrogens (tertiary/aromatic N) is 2. The number of benzene rings is 3. The van der Waals surface area contributed by atoms with Gasteiger partial charge in [-0.15, -0.1) is 0 Å². The second-order valence-corrected chi connectivity index (χ2v) is 9.26. The van der Waals surface area contributed by atoms with Crippen molar-refractivity contribution in [3.8, 4) is 11.3 Å². The summed E-state index contributed by atoms with van der Waals surface area (Å²) >= 11 is 0. The second kappa shape index (κ2) is 11.9. The molecule has 0 aliphatic heterocycles. The number of carboxylic acid groups (broad SMARTS) is 1. The summed E-state index contributed by atoms with van der Waals surface area (Å²) in [5.41, 5.74) is 0.332. The molecule has 1 heterocycles. The molecule has 2 N–H and O–H groups in total. The molecule has 214 valence electrons. The Bertz CT molecular complexity index is 1540. The van der Waals surface area contributed by atoms with Crippen molar-refractivity contribution in [3.63, 3.8) is 0 Å². The Kier molecular flexibility index (Phi) is 8.60. The van der Waals surface area contributed by atoms with Crippen LogP contribution in [0.4, 0.5) is 26.3 Å². The maximum atomic E-state index is 13.7. The fourth-order valence-electron chi connectivity index (χ4n) is 4.24. The van der Waals surface area contributed by atoms with Gasteiger partial charge in [-0.05, 0) is 55.2 Å². The van der Waals surface area contributed by atoms with Gasteiger partial charge < -0.3 is 10.4 Å². The molecule has 0 saturated heterocycles. The second-order valence-electron chi connectivity index (χ2n) is 9.26. The third-order valence-electron chi connectivity index (χ3n) is 6.27. The fourth-order valence-corrected chi connectivity index (χ4v) is 4.24. The number of nitrogens with one attached hydrogen (secondary N) is 1. The van der Waals surface area contributed by atoms with Crippen LogP contribution in [0.3, 0.4) is 0 Å². The number of fused-ring (bicyclic) bond motifs is 1. The third-order valence-corrected chi connectivity index (χ3v) is 6.27. The Morgan fingerprint density at radius 3 is 2.12 bits per heavy atom. The van der Waals surface area contributed by atoms with E-state index in [2.05, 4.69) is 9.97 Å². The molecule has 3 aromatic carbocycles. The van der Waals surface area contributed by atoms with Gasteiger partial charge in [-0.2, -0.15) is 26.3 Å². The van der Waals surface area contributed by atoms with E-state index in [1.54, 1.807) is 6.07 Å². The quantitative estimate of drug-likeness (QED) is 0.163. The predicted octanol–water partition coefficient (Wildman–Crippen LogP) is 7.15. The van der Waals surface area contributed by atoms with Gasteiger partial charge in [0.25, 0.3) is 5.91 Å². The minimum atomic E-state index is -4.76. The number of halogens is 6. The molecule has 1 aromatic heterocycles. The summed E-state index contributed by atoms with van der Waals surface area (Å²) in [5, 5.41) is 10.9. The molecule has 12 heteroatoms. The van der Waals surface area contributed by atoms with Gasteiger partial charge in [-0.1, -0.05) is 42.5 Å². The zero-order valence-electron chi connectivity index (χ0n) is 21.3. The molecule has 0 bridgehead atoms. The summed E-state index contributed by atoms with van der Waals surface area (Å²) in [6.07, 6.45) is -8.47. The van der Waals surface area contributed by atoms with E-state index in [-0.39, 0.29) is 40.7 Å². The summed E-state index contributed by atoms with van der Waals surface area (Å²) in [4.78, 5) is 32.8. The molecule has 0 aliphatic carbocycles. The molecule has 6 nitrogen and oxygen atoms in total. The number of aliphatic carboxylic acids is 1. The van der Waals surface area contributed by atoms with Gasteiger partial charge in [0.15, 0.2) is 6.04 Å². The number of carboxylic acids is 1. The van der Waals surface area contributed by atoms with E-state index in [0.717, 1.165) is 12.1 Å². The van der Waals surface area contributed by atoms with E-state index >= 15 is 0 Å². The Morgan fingerprint density at radius 1 is 0.829 bits per heavy atom. The Balaban J connectivity index is 1.68. The summed E-state index contributed by atoms with van der Waals surface area (Å²) < 4.78 is 80.4. The first-order chi connectivity index (χ1) is 19.3. The predicted molar refractivity (Wildman–Crippen MR) is 138 cm³/mol. The maximum absolute atomic E-state index is 13.7. The molecule has 0 radical (unpaired) electrons. The molecule has 0 fully saturated rings. The molecule has 0 spiro atoms. The first-order valence-electron chi connectivity index (χ1n) is 12.5. The van der Waals surface area contributed by atoms with Crippen LogP contribution >= 0.6 is 0 Å². The average Bonchev–Trinajstić information content (AvgIpc) is 2.92. The number of unbranched alkanes of at least 4 members (excludes halogenated alkanes) is 1. The SMILES string of the molecule is O=C(O)CCCCc1nc2cc(C(=O)NC(c3ccccc3)C(F)(F)F)ccc2nc1-c1ccc(C(F)(F)F)cc1. The third kappa shape index (κ3) is 7.38.